The van der Waals surface area contributed by atoms with Crippen LogP contribution in [0.4, 0.5) is 5.69 Å². The molecule has 0 bridgehead atoms. The molecule has 20 heavy (non-hydrogen) atoms. The second-order valence-electron chi connectivity index (χ2n) is 4.58. The molecule has 0 saturated heterocycles. The molecule has 0 aliphatic carbocycles. The van der Waals surface area contributed by atoms with E-state index in [0.29, 0.717) is 5.69 Å². The van der Waals surface area contributed by atoms with Crippen molar-refractivity contribution in [2.24, 2.45) is 0 Å². The van der Waals surface area contributed by atoms with E-state index in [-0.39, 0.29) is 18.1 Å². The van der Waals surface area contributed by atoms with E-state index < -0.39 is 0 Å². The third kappa shape index (κ3) is 3.51. The van der Waals surface area contributed by atoms with Gasteiger partial charge in [-0.15, -0.1) is 0 Å². The molecule has 0 saturated carbocycles. The molecule has 1 amide bonds. The number of methoxy groups -OCH3 is 1. The summed E-state index contributed by atoms with van der Waals surface area (Å²) in [6, 6.07) is 12.4. The first-order valence-corrected chi connectivity index (χ1v) is 6.31. The van der Waals surface area contributed by atoms with Gasteiger partial charge in [-0.3, -0.25) is 4.79 Å². The van der Waals surface area contributed by atoms with Crippen molar-refractivity contribution in [2.45, 2.75) is 13.3 Å². The summed E-state index contributed by atoms with van der Waals surface area (Å²) in [5, 5.41) is 12.2. The smallest absolute Gasteiger partial charge is 0.228 e. The summed E-state index contributed by atoms with van der Waals surface area (Å²) in [5.41, 5.74) is 2.29. The molecule has 4 heteroatoms. The quantitative estimate of drug-likeness (QED) is 0.841. The number of carbonyl (C=O) groups is 1. The van der Waals surface area contributed by atoms with Crippen LogP contribution in [0.1, 0.15) is 11.1 Å². The van der Waals surface area contributed by atoms with Crippen LogP contribution < -0.4 is 10.1 Å². The molecule has 0 aliphatic heterocycles. The van der Waals surface area contributed by atoms with E-state index in [0.717, 1.165) is 16.9 Å². The fourth-order valence-electron chi connectivity index (χ4n) is 1.91. The Labute approximate surface area is 118 Å². The Morgan fingerprint density at radius 2 is 2.05 bits per heavy atom. The predicted octanol–water partition coefficient (Wildman–Crippen LogP) is 2.89. The Balaban J connectivity index is 2.03. The molecule has 0 spiro atoms. The van der Waals surface area contributed by atoms with Gasteiger partial charge in [0.25, 0.3) is 0 Å². The minimum atomic E-state index is -0.108. The minimum Gasteiger partial charge on any atom is -0.508 e. The first kappa shape index (κ1) is 13.9. The molecule has 2 aromatic carbocycles. The number of carbonyl (C=O) groups excluding carboxylic acids is 1. The van der Waals surface area contributed by atoms with Crippen LogP contribution >= 0.6 is 0 Å². The Morgan fingerprint density at radius 1 is 1.25 bits per heavy atom. The third-order valence-corrected chi connectivity index (χ3v) is 2.98. The predicted molar refractivity (Wildman–Crippen MR) is 78.2 cm³/mol. The maximum Gasteiger partial charge on any atom is 0.228 e. The van der Waals surface area contributed by atoms with Gasteiger partial charge in [0, 0.05) is 5.69 Å². The second-order valence-corrected chi connectivity index (χ2v) is 4.58. The van der Waals surface area contributed by atoms with Gasteiger partial charge in [-0.1, -0.05) is 12.1 Å². The van der Waals surface area contributed by atoms with Gasteiger partial charge in [-0.2, -0.15) is 0 Å². The van der Waals surface area contributed by atoms with Crippen molar-refractivity contribution in [3.8, 4) is 11.5 Å². The lowest BCUT2D eigenvalue weighted by atomic mass is 10.1. The summed E-state index contributed by atoms with van der Waals surface area (Å²) in [4.78, 5) is 12.0. The zero-order valence-corrected chi connectivity index (χ0v) is 11.5. The highest BCUT2D eigenvalue weighted by atomic mass is 16.5. The highest BCUT2D eigenvalue weighted by Crippen LogP contribution is 2.20. The zero-order valence-electron chi connectivity index (χ0n) is 11.5. The lowest BCUT2D eigenvalue weighted by Gasteiger charge is -2.08. The monoisotopic (exact) mass is 271 g/mol. The van der Waals surface area contributed by atoms with Crippen molar-refractivity contribution < 1.29 is 14.6 Å². The molecule has 4 nitrogen and oxygen atoms in total. The molecular weight excluding hydrogens is 254 g/mol. The van der Waals surface area contributed by atoms with Gasteiger partial charge in [0.05, 0.1) is 13.5 Å². The van der Waals surface area contributed by atoms with Crippen molar-refractivity contribution >= 4 is 11.6 Å². The molecule has 0 radical (unpaired) electrons. The van der Waals surface area contributed by atoms with Gasteiger partial charge in [-0.05, 0) is 48.4 Å². The molecule has 0 unspecified atom stereocenters. The van der Waals surface area contributed by atoms with E-state index in [4.69, 9.17) is 4.74 Å². The third-order valence-electron chi connectivity index (χ3n) is 2.98. The van der Waals surface area contributed by atoms with E-state index in [2.05, 4.69) is 5.32 Å². The average molecular weight is 271 g/mol. The summed E-state index contributed by atoms with van der Waals surface area (Å²) < 4.78 is 5.12. The van der Waals surface area contributed by atoms with Crippen LogP contribution in [-0.4, -0.2) is 18.1 Å². The zero-order chi connectivity index (χ0) is 14.5. The molecule has 0 heterocycles. The molecule has 2 rings (SSSR count). The summed E-state index contributed by atoms with van der Waals surface area (Å²) in [6.07, 6.45) is 0.275. The number of hydrogen-bond donors (Lipinski definition) is 2. The average Bonchev–Trinajstić information content (AvgIpc) is 2.43. The van der Waals surface area contributed by atoms with Crippen LogP contribution in [0.5, 0.6) is 11.5 Å². The maximum atomic E-state index is 12.0. The number of benzene rings is 2. The number of phenols is 1. The topological polar surface area (TPSA) is 58.6 Å². The van der Waals surface area contributed by atoms with Crippen molar-refractivity contribution in [3.63, 3.8) is 0 Å². The largest absolute Gasteiger partial charge is 0.508 e. The van der Waals surface area contributed by atoms with Gasteiger partial charge in [-0.25, -0.2) is 0 Å². The highest BCUT2D eigenvalue weighted by molar-refractivity contribution is 5.92. The van der Waals surface area contributed by atoms with Crippen LogP contribution in [0.25, 0.3) is 0 Å². The van der Waals surface area contributed by atoms with Crippen molar-refractivity contribution in [1.29, 1.82) is 0 Å². The number of phenolic OH excluding ortho intramolecular Hbond substituents is 1. The van der Waals surface area contributed by atoms with E-state index in [9.17, 15) is 9.90 Å². The van der Waals surface area contributed by atoms with E-state index >= 15 is 0 Å². The van der Waals surface area contributed by atoms with E-state index in [1.807, 2.05) is 24.3 Å². The Kier molecular flexibility index (Phi) is 4.25. The maximum absolute atomic E-state index is 12.0. The number of amides is 1. The highest BCUT2D eigenvalue weighted by Gasteiger charge is 2.06. The summed E-state index contributed by atoms with van der Waals surface area (Å²) in [5.74, 6) is 0.843. The van der Waals surface area contributed by atoms with Gasteiger partial charge in [0.2, 0.25) is 5.91 Å². The standard InChI is InChI=1S/C16H17NO3/c1-11-8-13(6-7-15(11)18)17-16(19)10-12-4-3-5-14(9-12)20-2/h3-9,18H,10H2,1-2H3,(H,17,19). The van der Waals surface area contributed by atoms with Gasteiger partial charge >= 0.3 is 0 Å². The van der Waals surface area contributed by atoms with Crippen molar-refractivity contribution in [3.05, 3.63) is 53.6 Å². The van der Waals surface area contributed by atoms with Gasteiger partial charge in [0.1, 0.15) is 11.5 Å². The number of aryl methyl sites for hydroxylation is 1. The van der Waals surface area contributed by atoms with E-state index in [1.165, 1.54) is 0 Å². The minimum absolute atomic E-state index is 0.108. The molecule has 2 aromatic rings. The molecular formula is C16H17NO3. The molecule has 104 valence electrons. The van der Waals surface area contributed by atoms with Crippen LogP contribution in [0.15, 0.2) is 42.5 Å². The number of rotatable bonds is 4. The van der Waals surface area contributed by atoms with Crippen LogP contribution in [-0.2, 0) is 11.2 Å². The number of anilines is 1. The van der Waals surface area contributed by atoms with Gasteiger partial charge < -0.3 is 15.2 Å². The lowest BCUT2D eigenvalue weighted by Crippen LogP contribution is -2.14. The summed E-state index contributed by atoms with van der Waals surface area (Å²) >= 11 is 0. The number of nitrogens with one attached hydrogen (secondary N) is 1. The molecule has 0 aliphatic rings. The lowest BCUT2D eigenvalue weighted by molar-refractivity contribution is -0.115. The molecule has 2 N–H and O–H groups in total. The van der Waals surface area contributed by atoms with E-state index in [1.54, 1.807) is 32.2 Å². The first-order valence-electron chi connectivity index (χ1n) is 6.31. The fraction of sp³-hybridized carbons (Fsp3) is 0.188. The number of hydrogen-bond acceptors (Lipinski definition) is 3. The molecule has 0 aromatic heterocycles. The summed E-state index contributed by atoms with van der Waals surface area (Å²) in [6.45, 7) is 1.78. The SMILES string of the molecule is COc1cccc(CC(=O)Nc2ccc(O)c(C)c2)c1. The fourth-order valence-corrected chi connectivity index (χ4v) is 1.91. The number of ether oxygens (including phenoxy) is 1. The first-order chi connectivity index (χ1) is 9.58. The van der Waals surface area contributed by atoms with Crippen LogP contribution in [0, 0.1) is 6.92 Å². The molecule has 0 fully saturated rings. The Bertz CT molecular complexity index is 623. The number of aromatic hydroxyl groups is 1. The van der Waals surface area contributed by atoms with Crippen LogP contribution in [0.3, 0.4) is 0 Å². The Hall–Kier alpha value is -2.49. The Morgan fingerprint density at radius 3 is 2.75 bits per heavy atom. The van der Waals surface area contributed by atoms with Crippen LogP contribution in [0.2, 0.25) is 0 Å². The molecule has 0 atom stereocenters. The summed E-state index contributed by atoms with van der Waals surface area (Å²) in [7, 11) is 1.60. The second kappa shape index (κ2) is 6.10. The normalized spacial score (nSPS) is 10.1. The van der Waals surface area contributed by atoms with Gasteiger partial charge in [0.15, 0.2) is 0 Å². The van der Waals surface area contributed by atoms with Crippen molar-refractivity contribution in [2.75, 3.05) is 12.4 Å². The van der Waals surface area contributed by atoms with Crippen molar-refractivity contribution in [1.82, 2.24) is 0 Å².